The Kier molecular flexibility index (Phi) is 3.57. The van der Waals surface area contributed by atoms with Gasteiger partial charge in [-0.05, 0) is 37.1 Å². The van der Waals surface area contributed by atoms with E-state index in [0.717, 1.165) is 36.8 Å². The third-order valence-corrected chi connectivity index (χ3v) is 3.29. The highest BCUT2D eigenvalue weighted by Crippen LogP contribution is 2.21. The van der Waals surface area contributed by atoms with Crippen molar-refractivity contribution < 1.29 is 0 Å². The summed E-state index contributed by atoms with van der Waals surface area (Å²) in [6.07, 6.45) is 4.70. The van der Waals surface area contributed by atoms with Crippen LogP contribution in [0.25, 0.3) is 0 Å². The molecule has 1 aliphatic heterocycles. The minimum atomic E-state index is 0.658. The number of pyridine rings is 1. The Hall–Kier alpha value is -0.640. The van der Waals surface area contributed by atoms with Crippen LogP contribution in [0.5, 0.6) is 0 Å². The molecule has 0 aliphatic carbocycles. The van der Waals surface area contributed by atoms with E-state index in [1.54, 1.807) is 12.4 Å². The van der Waals surface area contributed by atoms with Gasteiger partial charge in [-0.3, -0.25) is 9.88 Å². The first-order chi connectivity index (χ1) is 7.29. The van der Waals surface area contributed by atoms with Crippen LogP contribution in [0.15, 0.2) is 18.5 Å². The molecular formula is C11H16ClN3. The van der Waals surface area contributed by atoms with E-state index in [0.29, 0.717) is 5.92 Å². The molecule has 2 N–H and O–H groups in total. The van der Waals surface area contributed by atoms with Gasteiger partial charge in [0.2, 0.25) is 0 Å². The van der Waals surface area contributed by atoms with Gasteiger partial charge >= 0.3 is 0 Å². The van der Waals surface area contributed by atoms with Crippen molar-refractivity contribution in [2.24, 2.45) is 11.7 Å². The van der Waals surface area contributed by atoms with Gasteiger partial charge in [0.25, 0.3) is 0 Å². The first-order valence-corrected chi connectivity index (χ1v) is 5.68. The summed E-state index contributed by atoms with van der Waals surface area (Å²) in [7, 11) is 0. The van der Waals surface area contributed by atoms with E-state index in [9.17, 15) is 0 Å². The van der Waals surface area contributed by atoms with Crippen molar-refractivity contribution in [3.63, 3.8) is 0 Å². The highest BCUT2D eigenvalue weighted by Gasteiger charge is 2.21. The number of hydrogen-bond donors (Lipinski definition) is 1. The second-order valence-electron chi connectivity index (χ2n) is 4.09. The van der Waals surface area contributed by atoms with Crippen molar-refractivity contribution in [2.45, 2.75) is 13.0 Å². The fraction of sp³-hybridized carbons (Fsp3) is 0.545. The lowest BCUT2D eigenvalue weighted by Crippen LogP contribution is -2.22. The van der Waals surface area contributed by atoms with E-state index in [2.05, 4.69) is 9.88 Å². The zero-order valence-electron chi connectivity index (χ0n) is 8.69. The van der Waals surface area contributed by atoms with E-state index in [-0.39, 0.29) is 0 Å². The Bertz CT molecular complexity index is 329. The van der Waals surface area contributed by atoms with E-state index in [1.807, 2.05) is 6.07 Å². The molecule has 3 nitrogen and oxygen atoms in total. The number of hydrogen-bond acceptors (Lipinski definition) is 3. The highest BCUT2D eigenvalue weighted by atomic mass is 35.5. The molecular weight excluding hydrogens is 210 g/mol. The van der Waals surface area contributed by atoms with Crippen molar-refractivity contribution in [3.05, 3.63) is 29.0 Å². The molecule has 0 bridgehead atoms. The maximum atomic E-state index is 6.06. The number of nitrogens with zero attached hydrogens (tertiary/aromatic N) is 2. The average Bonchev–Trinajstić information content (AvgIpc) is 2.69. The predicted octanol–water partition coefficient (Wildman–Crippen LogP) is 1.52. The van der Waals surface area contributed by atoms with Crippen molar-refractivity contribution >= 4 is 11.6 Å². The number of rotatable bonds is 3. The molecule has 2 heterocycles. The summed E-state index contributed by atoms with van der Waals surface area (Å²) in [5.74, 6) is 0.658. The third-order valence-electron chi connectivity index (χ3n) is 2.95. The minimum Gasteiger partial charge on any atom is -0.330 e. The molecule has 82 valence electrons. The summed E-state index contributed by atoms with van der Waals surface area (Å²) < 4.78 is 0. The lowest BCUT2D eigenvalue weighted by atomic mass is 10.1. The molecule has 1 aliphatic rings. The van der Waals surface area contributed by atoms with Crippen LogP contribution in [-0.4, -0.2) is 29.5 Å². The van der Waals surface area contributed by atoms with Crippen molar-refractivity contribution in [2.75, 3.05) is 19.6 Å². The molecule has 1 aromatic heterocycles. The molecule has 1 atom stereocenters. The predicted molar refractivity (Wildman–Crippen MR) is 61.7 cm³/mol. The molecule has 2 rings (SSSR count). The Morgan fingerprint density at radius 2 is 2.47 bits per heavy atom. The van der Waals surface area contributed by atoms with Crippen LogP contribution in [0.2, 0.25) is 5.02 Å². The van der Waals surface area contributed by atoms with Crippen LogP contribution >= 0.6 is 11.6 Å². The summed E-state index contributed by atoms with van der Waals surface area (Å²) in [6, 6.07) is 1.98. The quantitative estimate of drug-likeness (QED) is 0.848. The Labute approximate surface area is 95.2 Å². The first kappa shape index (κ1) is 10.9. The van der Waals surface area contributed by atoms with Crippen LogP contribution in [-0.2, 0) is 6.54 Å². The van der Waals surface area contributed by atoms with Crippen LogP contribution in [0.4, 0.5) is 0 Å². The zero-order chi connectivity index (χ0) is 10.7. The summed E-state index contributed by atoms with van der Waals surface area (Å²) >= 11 is 6.06. The number of halogens is 1. The molecule has 1 aromatic rings. The second kappa shape index (κ2) is 4.92. The molecule has 0 radical (unpaired) electrons. The molecule has 1 fully saturated rings. The minimum absolute atomic E-state index is 0.658. The van der Waals surface area contributed by atoms with Crippen molar-refractivity contribution in [1.29, 1.82) is 0 Å². The summed E-state index contributed by atoms with van der Waals surface area (Å²) in [5.41, 5.74) is 6.81. The normalized spacial score (nSPS) is 22.1. The Morgan fingerprint density at radius 3 is 3.13 bits per heavy atom. The van der Waals surface area contributed by atoms with Gasteiger partial charge in [0.1, 0.15) is 0 Å². The molecule has 0 aromatic carbocycles. The molecule has 0 spiro atoms. The van der Waals surface area contributed by atoms with Gasteiger partial charge in [0.05, 0.1) is 5.02 Å². The molecule has 0 saturated carbocycles. The van der Waals surface area contributed by atoms with Crippen molar-refractivity contribution in [3.8, 4) is 0 Å². The van der Waals surface area contributed by atoms with Crippen LogP contribution in [0.3, 0.4) is 0 Å². The van der Waals surface area contributed by atoms with Gasteiger partial charge in [-0.15, -0.1) is 0 Å². The number of aromatic nitrogens is 1. The van der Waals surface area contributed by atoms with E-state index in [4.69, 9.17) is 17.3 Å². The maximum absolute atomic E-state index is 6.06. The van der Waals surface area contributed by atoms with Crippen LogP contribution < -0.4 is 5.73 Å². The van der Waals surface area contributed by atoms with Crippen molar-refractivity contribution in [1.82, 2.24) is 9.88 Å². The van der Waals surface area contributed by atoms with Gasteiger partial charge in [0.15, 0.2) is 0 Å². The van der Waals surface area contributed by atoms with Gasteiger partial charge in [0, 0.05) is 25.5 Å². The van der Waals surface area contributed by atoms with E-state index >= 15 is 0 Å². The highest BCUT2D eigenvalue weighted by molar-refractivity contribution is 6.31. The van der Waals surface area contributed by atoms with E-state index < -0.39 is 0 Å². The molecule has 1 saturated heterocycles. The topological polar surface area (TPSA) is 42.1 Å². The average molecular weight is 226 g/mol. The lowest BCUT2D eigenvalue weighted by Gasteiger charge is -2.16. The fourth-order valence-corrected chi connectivity index (χ4v) is 2.20. The van der Waals surface area contributed by atoms with Gasteiger partial charge < -0.3 is 5.73 Å². The number of nitrogens with two attached hydrogens (primary N) is 1. The maximum Gasteiger partial charge on any atom is 0.0634 e. The van der Waals surface area contributed by atoms with Crippen LogP contribution in [0.1, 0.15) is 12.0 Å². The fourth-order valence-electron chi connectivity index (χ4n) is 2.02. The van der Waals surface area contributed by atoms with E-state index in [1.165, 1.54) is 6.42 Å². The largest absolute Gasteiger partial charge is 0.330 e. The Balaban J connectivity index is 1.96. The molecule has 1 unspecified atom stereocenters. The van der Waals surface area contributed by atoms with Crippen LogP contribution in [0, 0.1) is 5.92 Å². The monoisotopic (exact) mass is 225 g/mol. The smallest absolute Gasteiger partial charge is 0.0634 e. The number of likely N-dealkylation sites (tertiary alicyclic amines) is 1. The second-order valence-corrected chi connectivity index (χ2v) is 4.50. The lowest BCUT2D eigenvalue weighted by molar-refractivity contribution is 0.318. The molecule has 0 amide bonds. The molecule has 15 heavy (non-hydrogen) atoms. The standard InChI is InChI=1S/C11H16ClN3/c12-11-6-14-3-1-10(11)8-15-4-2-9(5-13)7-15/h1,3,6,9H,2,4-5,7-8,13H2. The zero-order valence-corrected chi connectivity index (χ0v) is 9.45. The molecule has 4 heteroatoms. The summed E-state index contributed by atoms with van der Waals surface area (Å²) in [6.45, 7) is 3.92. The summed E-state index contributed by atoms with van der Waals surface area (Å²) in [4.78, 5) is 6.38. The van der Waals surface area contributed by atoms with Gasteiger partial charge in [-0.1, -0.05) is 11.6 Å². The SMILES string of the molecule is NCC1CCN(Cc2ccncc2Cl)C1. The van der Waals surface area contributed by atoms with Gasteiger partial charge in [-0.2, -0.15) is 0 Å². The Morgan fingerprint density at radius 1 is 1.60 bits per heavy atom. The summed E-state index contributed by atoms with van der Waals surface area (Å²) in [5, 5.41) is 0.758. The van der Waals surface area contributed by atoms with Gasteiger partial charge in [-0.25, -0.2) is 0 Å². The third kappa shape index (κ3) is 2.68. The first-order valence-electron chi connectivity index (χ1n) is 5.30.